The highest BCUT2D eigenvalue weighted by Crippen LogP contribution is 2.20. The number of ether oxygens (including phenoxy) is 2. The van der Waals surface area contributed by atoms with E-state index in [-0.39, 0.29) is 5.60 Å². The normalized spacial score (nSPS) is 13.5. The molecule has 17 heavy (non-hydrogen) atoms. The highest BCUT2D eigenvalue weighted by molar-refractivity contribution is 5.29. The third kappa shape index (κ3) is 4.75. The fraction of sp³-hybridized carbons (Fsp3) is 0.571. The van der Waals surface area contributed by atoms with E-state index in [4.69, 9.17) is 9.47 Å². The molecule has 0 radical (unpaired) electrons. The van der Waals surface area contributed by atoms with Crippen molar-refractivity contribution in [3.63, 3.8) is 0 Å². The Balaban J connectivity index is 2.50. The minimum atomic E-state index is -0.464. The van der Waals surface area contributed by atoms with E-state index in [1.165, 1.54) is 0 Å². The summed E-state index contributed by atoms with van der Waals surface area (Å²) in [6, 6.07) is 7.53. The van der Waals surface area contributed by atoms with Gasteiger partial charge in [-0.15, -0.1) is 0 Å². The molecular weight excluding hydrogens is 216 g/mol. The Morgan fingerprint density at radius 1 is 1.35 bits per heavy atom. The molecule has 0 fully saturated rings. The molecule has 0 aliphatic carbocycles. The van der Waals surface area contributed by atoms with Gasteiger partial charge in [0.15, 0.2) is 0 Å². The third-order valence-corrected chi connectivity index (χ3v) is 2.87. The standard InChI is InChI=1S/C14H22O3/c1-11(15)12-6-5-7-13(10-12)17-9-8-14(2,3)16-4/h5-7,10-11,15H,8-9H2,1-4H3/t11-/m0/s1. The summed E-state index contributed by atoms with van der Waals surface area (Å²) in [7, 11) is 1.70. The molecule has 0 spiro atoms. The van der Waals surface area contributed by atoms with Crippen molar-refractivity contribution in [3.05, 3.63) is 29.8 Å². The Morgan fingerprint density at radius 2 is 2.06 bits per heavy atom. The SMILES string of the molecule is COC(C)(C)CCOc1cccc([C@H](C)O)c1. The molecule has 0 saturated carbocycles. The maximum Gasteiger partial charge on any atom is 0.119 e. The van der Waals surface area contributed by atoms with Gasteiger partial charge < -0.3 is 14.6 Å². The molecule has 3 heteroatoms. The van der Waals surface area contributed by atoms with Crippen molar-refractivity contribution in [2.24, 2.45) is 0 Å². The van der Waals surface area contributed by atoms with Gasteiger partial charge in [-0.25, -0.2) is 0 Å². The fourth-order valence-electron chi connectivity index (χ4n) is 1.38. The highest BCUT2D eigenvalue weighted by Gasteiger charge is 2.16. The number of hydrogen-bond donors (Lipinski definition) is 1. The van der Waals surface area contributed by atoms with E-state index in [1.807, 2.05) is 38.1 Å². The van der Waals surface area contributed by atoms with Crippen LogP contribution in [0.1, 0.15) is 38.9 Å². The van der Waals surface area contributed by atoms with Gasteiger partial charge in [0.2, 0.25) is 0 Å². The van der Waals surface area contributed by atoms with Crippen LogP contribution in [0.25, 0.3) is 0 Å². The van der Waals surface area contributed by atoms with Crippen molar-refractivity contribution in [2.45, 2.75) is 38.9 Å². The van der Waals surface area contributed by atoms with Crippen molar-refractivity contribution >= 4 is 0 Å². The topological polar surface area (TPSA) is 38.7 Å². The van der Waals surface area contributed by atoms with Crippen LogP contribution in [0.15, 0.2) is 24.3 Å². The van der Waals surface area contributed by atoms with Gasteiger partial charge in [0.1, 0.15) is 5.75 Å². The lowest BCUT2D eigenvalue weighted by atomic mass is 10.1. The van der Waals surface area contributed by atoms with Crippen molar-refractivity contribution in [2.75, 3.05) is 13.7 Å². The van der Waals surface area contributed by atoms with Crippen molar-refractivity contribution in [1.29, 1.82) is 0 Å². The number of rotatable bonds is 6. The fourth-order valence-corrected chi connectivity index (χ4v) is 1.38. The second-order valence-corrected chi connectivity index (χ2v) is 4.81. The van der Waals surface area contributed by atoms with Crippen LogP contribution in [-0.2, 0) is 4.74 Å². The zero-order chi connectivity index (χ0) is 12.9. The molecule has 1 aromatic rings. The highest BCUT2D eigenvalue weighted by atomic mass is 16.5. The van der Waals surface area contributed by atoms with Gasteiger partial charge in [-0.05, 0) is 38.5 Å². The van der Waals surface area contributed by atoms with E-state index >= 15 is 0 Å². The predicted molar refractivity (Wildman–Crippen MR) is 68.3 cm³/mol. The lowest BCUT2D eigenvalue weighted by Gasteiger charge is -2.22. The van der Waals surface area contributed by atoms with Crippen molar-refractivity contribution in [3.8, 4) is 5.75 Å². The summed E-state index contributed by atoms with van der Waals surface area (Å²) < 4.78 is 11.0. The van der Waals surface area contributed by atoms with E-state index in [1.54, 1.807) is 14.0 Å². The molecule has 1 rings (SSSR count). The molecule has 0 aliphatic heterocycles. The first-order chi connectivity index (χ1) is 7.94. The second kappa shape index (κ2) is 6.03. The first-order valence-electron chi connectivity index (χ1n) is 5.90. The first kappa shape index (κ1) is 14.0. The minimum Gasteiger partial charge on any atom is -0.493 e. The van der Waals surface area contributed by atoms with E-state index < -0.39 is 6.10 Å². The van der Waals surface area contributed by atoms with Gasteiger partial charge in [-0.2, -0.15) is 0 Å². The lowest BCUT2D eigenvalue weighted by Crippen LogP contribution is -2.25. The van der Waals surface area contributed by atoms with Crippen LogP contribution in [-0.4, -0.2) is 24.4 Å². The molecule has 0 heterocycles. The molecule has 0 bridgehead atoms. The maximum absolute atomic E-state index is 9.47. The van der Waals surface area contributed by atoms with Gasteiger partial charge in [0.05, 0.1) is 18.3 Å². The van der Waals surface area contributed by atoms with Crippen LogP contribution in [0, 0.1) is 0 Å². The summed E-state index contributed by atoms with van der Waals surface area (Å²) in [5, 5.41) is 9.47. The molecule has 0 aliphatic rings. The summed E-state index contributed by atoms with van der Waals surface area (Å²) in [6.45, 7) is 6.41. The smallest absolute Gasteiger partial charge is 0.119 e. The number of benzene rings is 1. The van der Waals surface area contributed by atoms with E-state index in [9.17, 15) is 5.11 Å². The quantitative estimate of drug-likeness (QED) is 0.828. The molecule has 0 amide bonds. The Morgan fingerprint density at radius 3 is 2.65 bits per heavy atom. The molecule has 0 aromatic heterocycles. The Kier molecular flexibility index (Phi) is 4.97. The summed E-state index contributed by atoms with van der Waals surface area (Å²) in [4.78, 5) is 0. The van der Waals surface area contributed by atoms with Gasteiger partial charge >= 0.3 is 0 Å². The van der Waals surface area contributed by atoms with Crippen LogP contribution < -0.4 is 4.74 Å². The molecule has 96 valence electrons. The van der Waals surface area contributed by atoms with Crippen molar-refractivity contribution in [1.82, 2.24) is 0 Å². The summed E-state index contributed by atoms with van der Waals surface area (Å²) in [5.41, 5.74) is 0.704. The molecule has 0 unspecified atom stereocenters. The second-order valence-electron chi connectivity index (χ2n) is 4.81. The molecule has 1 N–H and O–H groups in total. The van der Waals surface area contributed by atoms with Gasteiger partial charge in [0.25, 0.3) is 0 Å². The van der Waals surface area contributed by atoms with Gasteiger partial charge in [-0.3, -0.25) is 0 Å². The number of aliphatic hydroxyl groups is 1. The summed E-state index contributed by atoms with van der Waals surface area (Å²) in [5.74, 6) is 0.787. The average Bonchev–Trinajstić information content (AvgIpc) is 2.29. The molecule has 1 aromatic carbocycles. The molecule has 3 nitrogen and oxygen atoms in total. The predicted octanol–water partition coefficient (Wildman–Crippen LogP) is 2.93. The van der Waals surface area contributed by atoms with E-state index in [2.05, 4.69) is 0 Å². The van der Waals surface area contributed by atoms with Crippen LogP contribution in [0.5, 0.6) is 5.75 Å². The van der Waals surface area contributed by atoms with Crippen LogP contribution in [0.4, 0.5) is 0 Å². The number of methoxy groups -OCH3 is 1. The summed E-state index contributed by atoms with van der Waals surface area (Å²) >= 11 is 0. The average molecular weight is 238 g/mol. The number of hydrogen-bond acceptors (Lipinski definition) is 3. The molecule has 0 saturated heterocycles. The monoisotopic (exact) mass is 238 g/mol. The van der Waals surface area contributed by atoms with Crippen molar-refractivity contribution < 1.29 is 14.6 Å². The Hall–Kier alpha value is -1.06. The largest absolute Gasteiger partial charge is 0.493 e. The van der Waals surface area contributed by atoms with E-state index in [0.29, 0.717) is 6.61 Å². The van der Waals surface area contributed by atoms with Crippen LogP contribution in [0.2, 0.25) is 0 Å². The zero-order valence-electron chi connectivity index (χ0n) is 11.1. The Labute approximate surface area is 103 Å². The first-order valence-corrected chi connectivity index (χ1v) is 5.90. The van der Waals surface area contributed by atoms with Crippen LogP contribution >= 0.6 is 0 Å². The zero-order valence-corrected chi connectivity index (χ0v) is 11.1. The van der Waals surface area contributed by atoms with E-state index in [0.717, 1.165) is 17.7 Å². The molecular formula is C14H22O3. The third-order valence-electron chi connectivity index (χ3n) is 2.87. The minimum absolute atomic E-state index is 0.165. The van der Waals surface area contributed by atoms with Gasteiger partial charge in [-0.1, -0.05) is 12.1 Å². The summed E-state index contributed by atoms with van der Waals surface area (Å²) in [6.07, 6.45) is 0.358. The lowest BCUT2D eigenvalue weighted by molar-refractivity contribution is 0.00543. The molecule has 1 atom stereocenters. The maximum atomic E-state index is 9.47. The Bertz CT molecular complexity index is 345. The number of aliphatic hydroxyl groups excluding tert-OH is 1. The van der Waals surface area contributed by atoms with Gasteiger partial charge in [0, 0.05) is 13.5 Å². The van der Waals surface area contributed by atoms with Crippen LogP contribution in [0.3, 0.4) is 0 Å².